The lowest BCUT2D eigenvalue weighted by Gasteiger charge is -2.27. The van der Waals surface area contributed by atoms with E-state index in [9.17, 15) is 17.6 Å². The zero-order valence-electron chi connectivity index (χ0n) is 9.57. The van der Waals surface area contributed by atoms with Gasteiger partial charge in [-0.15, -0.1) is 11.8 Å². The van der Waals surface area contributed by atoms with Crippen molar-refractivity contribution in [3.63, 3.8) is 0 Å². The number of rotatable bonds is 1. The van der Waals surface area contributed by atoms with Crippen LogP contribution in [0.5, 0.6) is 0 Å². The average Bonchev–Trinajstić information content (AvgIpc) is 2.17. The van der Waals surface area contributed by atoms with Crippen molar-refractivity contribution in [2.24, 2.45) is 0 Å². The summed E-state index contributed by atoms with van der Waals surface area (Å²) >= 11 is 0.819. The molecule has 0 aromatic heterocycles. The third-order valence-corrected chi connectivity index (χ3v) is 3.33. The van der Waals surface area contributed by atoms with Crippen LogP contribution in [0.25, 0.3) is 0 Å². The Morgan fingerprint density at radius 2 is 1.50 bits per heavy atom. The zero-order chi connectivity index (χ0) is 12.7. The van der Waals surface area contributed by atoms with Crippen LogP contribution < -0.4 is 0 Å². The van der Waals surface area contributed by atoms with E-state index < -0.39 is 39.2 Å². The molecule has 16 heavy (non-hydrogen) atoms. The van der Waals surface area contributed by atoms with E-state index in [2.05, 4.69) is 0 Å². The molecule has 1 aliphatic carbocycles. The number of alkyl halides is 2. The maximum Gasteiger partial charge on any atom is 0.171 e. The van der Waals surface area contributed by atoms with Crippen LogP contribution in [-0.2, 0) is 0 Å². The predicted octanol–water partition coefficient (Wildman–Crippen LogP) is 4.63. The highest BCUT2D eigenvalue weighted by Crippen LogP contribution is 2.44. The summed E-state index contributed by atoms with van der Waals surface area (Å²) in [6, 6.07) is 0. The van der Waals surface area contributed by atoms with Gasteiger partial charge in [0.15, 0.2) is 24.0 Å². The number of halogens is 4. The Kier molecular flexibility index (Phi) is 3.77. The van der Waals surface area contributed by atoms with Crippen LogP contribution in [0.2, 0.25) is 0 Å². The first-order valence-corrected chi connectivity index (χ1v) is 5.70. The molecular weight excluding hydrogens is 240 g/mol. The molecule has 0 nitrogen and oxygen atoms in total. The number of allylic oxidation sites excluding steroid dienone is 4. The van der Waals surface area contributed by atoms with Gasteiger partial charge in [-0.1, -0.05) is 20.8 Å². The lowest BCUT2D eigenvalue weighted by Crippen LogP contribution is -2.27. The molecule has 92 valence electrons. The highest BCUT2D eigenvalue weighted by atomic mass is 32.2. The summed E-state index contributed by atoms with van der Waals surface area (Å²) in [4.78, 5) is -0.483. The van der Waals surface area contributed by atoms with E-state index in [0.717, 1.165) is 18.7 Å². The van der Waals surface area contributed by atoms with Crippen molar-refractivity contribution in [2.45, 2.75) is 44.8 Å². The molecule has 2 atom stereocenters. The number of hydrogen-bond acceptors (Lipinski definition) is 1. The van der Waals surface area contributed by atoms with Crippen molar-refractivity contribution in [3.8, 4) is 0 Å². The molecule has 1 aliphatic rings. The molecule has 0 aromatic rings. The lowest BCUT2D eigenvalue weighted by molar-refractivity contribution is 0.219. The van der Waals surface area contributed by atoms with Crippen LogP contribution in [-0.4, -0.2) is 17.1 Å². The molecule has 0 heterocycles. The van der Waals surface area contributed by atoms with Gasteiger partial charge in [0.2, 0.25) is 0 Å². The Morgan fingerprint density at radius 1 is 1.00 bits per heavy atom. The van der Waals surface area contributed by atoms with Gasteiger partial charge < -0.3 is 0 Å². The molecule has 0 N–H and O–H groups in total. The summed E-state index contributed by atoms with van der Waals surface area (Å²) < 4.78 is 53.1. The zero-order valence-corrected chi connectivity index (χ0v) is 10.4. The Labute approximate surface area is 96.8 Å². The van der Waals surface area contributed by atoms with Crippen molar-refractivity contribution >= 4 is 11.8 Å². The third-order valence-electron chi connectivity index (χ3n) is 2.09. The van der Waals surface area contributed by atoms with E-state index in [1.807, 2.05) is 0 Å². The van der Waals surface area contributed by atoms with Crippen molar-refractivity contribution in [3.05, 3.63) is 22.1 Å². The van der Waals surface area contributed by atoms with Crippen molar-refractivity contribution < 1.29 is 17.6 Å². The third kappa shape index (κ3) is 2.62. The molecule has 0 spiro atoms. The smallest absolute Gasteiger partial charge is 0.171 e. The lowest BCUT2D eigenvalue weighted by atomic mass is 10.0. The summed E-state index contributed by atoms with van der Waals surface area (Å²) in [5.74, 6) is -2.54. The Balaban J connectivity index is 3.15. The Morgan fingerprint density at radius 3 is 1.94 bits per heavy atom. The molecule has 0 aliphatic heterocycles. The fourth-order valence-corrected chi connectivity index (χ4v) is 2.38. The first kappa shape index (κ1) is 13.6. The predicted molar refractivity (Wildman–Crippen MR) is 59.1 cm³/mol. The van der Waals surface area contributed by atoms with E-state index in [4.69, 9.17) is 0 Å². The summed E-state index contributed by atoms with van der Waals surface area (Å²) in [6.45, 7) is 6.23. The fourth-order valence-electron chi connectivity index (χ4n) is 1.31. The van der Waals surface area contributed by atoms with Crippen LogP contribution in [0, 0.1) is 0 Å². The van der Waals surface area contributed by atoms with Crippen molar-refractivity contribution in [1.29, 1.82) is 0 Å². The molecule has 0 fully saturated rings. The van der Waals surface area contributed by atoms with Crippen LogP contribution in [0.4, 0.5) is 17.6 Å². The van der Waals surface area contributed by atoms with Crippen LogP contribution in [0.15, 0.2) is 22.1 Å². The molecule has 0 bridgehead atoms. The first-order valence-electron chi connectivity index (χ1n) is 4.88. The first-order chi connectivity index (χ1) is 7.15. The van der Waals surface area contributed by atoms with Gasteiger partial charge in [-0.25, -0.2) is 17.6 Å². The van der Waals surface area contributed by atoms with Gasteiger partial charge in [-0.05, 0) is 6.92 Å². The van der Waals surface area contributed by atoms with E-state index >= 15 is 0 Å². The second kappa shape index (κ2) is 4.43. The van der Waals surface area contributed by atoms with Gasteiger partial charge in [-0.3, -0.25) is 0 Å². The molecule has 1 rings (SSSR count). The highest BCUT2D eigenvalue weighted by Gasteiger charge is 2.39. The minimum absolute atomic E-state index is 0.483. The monoisotopic (exact) mass is 254 g/mol. The van der Waals surface area contributed by atoms with Gasteiger partial charge in [0.05, 0.1) is 4.91 Å². The summed E-state index contributed by atoms with van der Waals surface area (Å²) in [7, 11) is 0. The fraction of sp³-hybridized carbons (Fsp3) is 0.636. The highest BCUT2D eigenvalue weighted by molar-refractivity contribution is 8.04. The molecule has 0 radical (unpaired) electrons. The Hall–Kier alpha value is -0.450. The minimum atomic E-state index is -2.11. The van der Waals surface area contributed by atoms with Gasteiger partial charge in [0.1, 0.15) is 0 Å². The molecule has 0 saturated heterocycles. The standard InChI is InChI=1S/C11H14F4S/c1-5-6(12)8(14)10(9(15)7(5)13)16-11(2,3)4/h6,8H,1-4H3. The number of thioether (sulfide) groups is 1. The molecule has 0 aromatic carbocycles. The second-order valence-electron chi connectivity index (χ2n) is 4.69. The quantitative estimate of drug-likeness (QED) is 0.615. The van der Waals surface area contributed by atoms with E-state index in [1.54, 1.807) is 20.8 Å². The summed E-state index contributed by atoms with van der Waals surface area (Å²) in [5, 5.41) is 0. The largest absolute Gasteiger partial charge is 0.239 e. The SMILES string of the molecule is CC1=C(F)C(F)=C(SC(C)(C)C)C(F)C1F. The van der Waals surface area contributed by atoms with E-state index in [-0.39, 0.29) is 0 Å². The average molecular weight is 254 g/mol. The molecule has 0 saturated carbocycles. The van der Waals surface area contributed by atoms with Gasteiger partial charge in [-0.2, -0.15) is 0 Å². The minimum Gasteiger partial charge on any atom is -0.239 e. The van der Waals surface area contributed by atoms with E-state index in [0.29, 0.717) is 0 Å². The molecule has 2 unspecified atom stereocenters. The van der Waals surface area contributed by atoms with E-state index in [1.165, 1.54) is 0 Å². The second-order valence-corrected chi connectivity index (χ2v) is 6.56. The summed E-state index contributed by atoms with van der Waals surface area (Å²) in [5.41, 5.74) is -0.511. The maximum atomic E-state index is 13.6. The van der Waals surface area contributed by atoms with Crippen LogP contribution in [0.1, 0.15) is 27.7 Å². The maximum absolute atomic E-state index is 13.6. The topological polar surface area (TPSA) is 0 Å². The summed E-state index contributed by atoms with van der Waals surface area (Å²) in [6.07, 6.45) is -4.20. The molecule has 0 amide bonds. The van der Waals surface area contributed by atoms with Crippen molar-refractivity contribution in [1.82, 2.24) is 0 Å². The van der Waals surface area contributed by atoms with Crippen LogP contribution >= 0.6 is 11.8 Å². The van der Waals surface area contributed by atoms with Gasteiger partial charge >= 0.3 is 0 Å². The normalized spacial score (nSPS) is 27.8. The molecular formula is C11H14F4S. The van der Waals surface area contributed by atoms with Crippen molar-refractivity contribution in [2.75, 3.05) is 0 Å². The number of hydrogen-bond donors (Lipinski definition) is 0. The Bertz CT molecular complexity index is 351. The molecule has 5 heteroatoms. The van der Waals surface area contributed by atoms with Gasteiger partial charge in [0.25, 0.3) is 0 Å². The van der Waals surface area contributed by atoms with Crippen LogP contribution in [0.3, 0.4) is 0 Å². The van der Waals surface area contributed by atoms with Gasteiger partial charge in [0, 0.05) is 10.3 Å².